The Hall–Kier alpha value is -4.07. The number of nitrogens with one attached hydrogen (secondary N) is 3. The summed E-state index contributed by atoms with van der Waals surface area (Å²) < 4.78 is 16.6. The summed E-state index contributed by atoms with van der Waals surface area (Å²) in [5.41, 5.74) is 6.23. The zero-order chi connectivity index (χ0) is 33.8. The molecular weight excluding hydrogens is 584 g/mol. The first kappa shape index (κ1) is 37.1. The van der Waals surface area contributed by atoms with Gasteiger partial charge in [0.2, 0.25) is 17.5 Å². The predicted molar refractivity (Wildman–Crippen MR) is 166 cm³/mol. The maximum atomic E-state index is 13.7. The minimum absolute atomic E-state index is 0.0869. The molecule has 6 N–H and O–H groups in total. The van der Waals surface area contributed by atoms with Crippen molar-refractivity contribution in [3.63, 3.8) is 0 Å². The molecule has 0 unspecified atom stereocenters. The van der Waals surface area contributed by atoms with Crippen LogP contribution < -0.4 is 21.7 Å². The second-order valence-corrected chi connectivity index (χ2v) is 11.3. The number of rotatable bonds is 7. The quantitative estimate of drug-likeness (QED) is 0.156. The monoisotopic (exact) mass is 630 g/mol. The highest BCUT2D eigenvalue weighted by Crippen LogP contribution is 2.28. The number of carbonyl (C=O) groups excluding carboxylic acids is 5. The Morgan fingerprint density at radius 1 is 1.11 bits per heavy atom. The minimum Gasteiger partial charge on any atom is -0.439 e. The van der Waals surface area contributed by atoms with E-state index in [1.54, 1.807) is 26.0 Å². The molecule has 1 aliphatic carbocycles. The van der Waals surface area contributed by atoms with Crippen LogP contribution in [0.4, 0.5) is 4.79 Å². The van der Waals surface area contributed by atoms with Gasteiger partial charge in [-0.2, -0.15) is 0 Å². The van der Waals surface area contributed by atoms with Crippen LogP contribution in [0.3, 0.4) is 0 Å². The average molecular weight is 631 g/mol. The number of methoxy groups -OCH3 is 2. The third-order valence-electron chi connectivity index (χ3n) is 7.59. The fourth-order valence-corrected chi connectivity index (χ4v) is 5.20. The van der Waals surface area contributed by atoms with Crippen LogP contribution in [0, 0.1) is 11.8 Å². The van der Waals surface area contributed by atoms with E-state index in [0.717, 1.165) is 6.08 Å². The number of amides is 3. The molecule has 0 fully saturated rings. The standard InChI is InChI=1S/C32H46N4O9/c1-17-13-22-27(35-12-11-34-21(5)37)24(38)16-23(29(22)40)36-31(41)18(2)9-8-10-25(43-6)30(45-32(33)42)20(4)15-19(3)28(39)26(14-17)44-7/h8-10,15-17,19,25-26,28,30,35,39H,11-14H2,1-7H3,(H2,33,42)(H,34,37)(H,36,41)/b10-8-,18-9+,20-15+/t17-,19+,25+,26+,28-,30+/m1/s1. The molecule has 45 heavy (non-hydrogen) atoms. The Balaban J connectivity index is 2.58. The molecule has 0 saturated carbocycles. The molecule has 6 atom stereocenters. The van der Waals surface area contributed by atoms with Crippen molar-refractivity contribution in [1.82, 2.24) is 16.0 Å². The van der Waals surface area contributed by atoms with E-state index in [4.69, 9.17) is 19.9 Å². The maximum absolute atomic E-state index is 13.7. The summed E-state index contributed by atoms with van der Waals surface area (Å²) in [4.78, 5) is 63.0. The number of primary amides is 1. The molecule has 0 radical (unpaired) electrons. The number of nitrogens with two attached hydrogens (primary N) is 1. The first-order valence-corrected chi connectivity index (χ1v) is 14.8. The van der Waals surface area contributed by atoms with Crippen molar-refractivity contribution in [2.45, 2.75) is 71.9 Å². The van der Waals surface area contributed by atoms with Gasteiger partial charge in [0.25, 0.3) is 5.91 Å². The van der Waals surface area contributed by atoms with Crippen LogP contribution in [0.25, 0.3) is 0 Å². The summed E-state index contributed by atoms with van der Waals surface area (Å²) in [7, 11) is 2.89. The van der Waals surface area contributed by atoms with Crippen molar-refractivity contribution >= 4 is 29.5 Å². The summed E-state index contributed by atoms with van der Waals surface area (Å²) in [6.07, 6.45) is 3.47. The summed E-state index contributed by atoms with van der Waals surface area (Å²) in [6, 6.07) is 0. The molecule has 0 saturated heterocycles. The maximum Gasteiger partial charge on any atom is 0.405 e. The van der Waals surface area contributed by atoms with Crippen LogP contribution in [0.5, 0.6) is 0 Å². The molecule has 0 aromatic carbocycles. The number of ether oxygens (including phenoxy) is 3. The second-order valence-electron chi connectivity index (χ2n) is 11.3. The van der Waals surface area contributed by atoms with E-state index in [0.29, 0.717) is 12.0 Å². The Labute approximate surface area is 264 Å². The number of carbonyl (C=O) groups is 5. The molecule has 2 bridgehead atoms. The van der Waals surface area contributed by atoms with Crippen molar-refractivity contribution in [1.29, 1.82) is 0 Å². The van der Waals surface area contributed by atoms with Crippen LogP contribution in [0.1, 0.15) is 47.5 Å². The van der Waals surface area contributed by atoms with Gasteiger partial charge in [0.1, 0.15) is 6.10 Å². The lowest BCUT2D eigenvalue weighted by molar-refractivity contribution is -0.120. The van der Waals surface area contributed by atoms with E-state index in [2.05, 4.69) is 16.0 Å². The van der Waals surface area contributed by atoms with Crippen molar-refractivity contribution in [2.24, 2.45) is 17.6 Å². The van der Waals surface area contributed by atoms with E-state index in [1.807, 2.05) is 6.92 Å². The molecule has 3 amide bonds. The van der Waals surface area contributed by atoms with Crippen LogP contribution in [-0.2, 0) is 33.4 Å². The number of aliphatic hydroxyl groups is 1. The SMILES string of the molecule is CO[C@H]1/C=C\C=C(/C)C(=O)NC2=CC(=O)C(NCCNC(C)=O)=C(C[C@@H](C)C[C@H](OC)[C@H](O)[C@@H](C)/C=C(\C)[C@@H]1OC(N)=O)C2=O. The second kappa shape index (κ2) is 17.4. The van der Waals surface area contributed by atoms with Crippen LogP contribution in [0.15, 0.2) is 58.5 Å². The van der Waals surface area contributed by atoms with Gasteiger partial charge in [-0.25, -0.2) is 4.79 Å². The van der Waals surface area contributed by atoms with Gasteiger partial charge in [0.05, 0.1) is 23.6 Å². The van der Waals surface area contributed by atoms with Gasteiger partial charge in [-0.05, 0) is 38.2 Å². The number of hydrogen-bond acceptors (Lipinski definition) is 10. The fourth-order valence-electron chi connectivity index (χ4n) is 5.20. The third kappa shape index (κ3) is 10.8. The minimum atomic E-state index is -1.01. The van der Waals surface area contributed by atoms with E-state index < -0.39 is 53.9 Å². The zero-order valence-electron chi connectivity index (χ0n) is 27.0. The molecule has 1 aliphatic heterocycles. The summed E-state index contributed by atoms with van der Waals surface area (Å²) in [5, 5.41) is 19.4. The third-order valence-corrected chi connectivity index (χ3v) is 7.59. The number of fused-ring (bicyclic) bond motifs is 2. The fraction of sp³-hybridized carbons (Fsp3) is 0.531. The number of allylic oxidation sites excluding steroid dienone is 4. The molecule has 248 valence electrons. The zero-order valence-corrected chi connectivity index (χ0v) is 27.0. The number of ketones is 2. The Bertz CT molecular complexity index is 1300. The van der Waals surface area contributed by atoms with E-state index in [-0.39, 0.29) is 53.9 Å². The molecule has 0 aromatic heterocycles. The first-order valence-electron chi connectivity index (χ1n) is 14.8. The molecule has 2 rings (SSSR count). The van der Waals surface area contributed by atoms with Gasteiger partial charge in [-0.1, -0.05) is 38.2 Å². The molecule has 13 nitrogen and oxygen atoms in total. The summed E-state index contributed by atoms with van der Waals surface area (Å²) in [6.45, 7) is 8.70. The largest absolute Gasteiger partial charge is 0.439 e. The first-order chi connectivity index (χ1) is 21.2. The van der Waals surface area contributed by atoms with E-state index in [9.17, 15) is 29.1 Å². The smallest absolute Gasteiger partial charge is 0.405 e. The lowest BCUT2D eigenvalue weighted by atomic mass is 9.85. The Morgan fingerprint density at radius 3 is 2.40 bits per heavy atom. The van der Waals surface area contributed by atoms with Gasteiger partial charge in [-0.3, -0.25) is 19.2 Å². The molecule has 1 heterocycles. The van der Waals surface area contributed by atoms with Crippen molar-refractivity contribution in [3.05, 3.63) is 58.5 Å². The molecule has 0 aromatic rings. The van der Waals surface area contributed by atoms with Crippen LogP contribution >= 0.6 is 0 Å². The topological polar surface area (TPSA) is 195 Å². The lowest BCUT2D eigenvalue weighted by Gasteiger charge is -2.30. The van der Waals surface area contributed by atoms with Crippen LogP contribution in [0.2, 0.25) is 0 Å². The highest BCUT2D eigenvalue weighted by molar-refractivity contribution is 6.23. The lowest BCUT2D eigenvalue weighted by Crippen LogP contribution is -2.39. The highest BCUT2D eigenvalue weighted by Gasteiger charge is 2.33. The van der Waals surface area contributed by atoms with Gasteiger partial charge < -0.3 is 41.0 Å². The molecule has 0 spiro atoms. The Kier molecular flexibility index (Phi) is 14.4. The van der Waals surface area contributed by atoms with E-state index >= 15 is 0 Å². The van der Waals surface area contributed by atoms with Crippen LogP contribution in [-0.4, -0.2) is 86.3 Å². The normalized spacial score (nSPS) is 30.2. The number of aliphatic hydroxyl groups excluding tert-OH is 1. The van der Waals surface area contributed by atoms with Gasteiger partial charge in [-0.15, -0.1) is 0 Å². The van der Waals surface area contributed by atoms with Crippen molar-refractivity contribution in [2.75, 3.05) is 27.3 Å². The number of hydrogen-bond donors (Lipinski definition) is 5. The highest BCUT2D eigenvalue weighted by atomic mass is 16.6. The number of Topliss-reactive ketones (excluding diaryl/α,β-unsaturated/α-hetero) is 1. The molecule has 2 aliphatic rings. The Morgan fingerprint density at radius 2 is 1.80 bits per heavy atom. The average Bonchev–Trinajstić information content (AvgIpc) is 2.97. The summed E-state index contributed by atoms with van der Waals surface area (Å²) >= 11 is 0. The predicted octanol–water partition coefficient (Wildman–Crippen LogP) is 1.49. The van der Waals surface area contributed by atoms with Gasteiger partial charge >= 0.3 is 6.09 Å². The molecule has 13 heteroatoms. The van der Waals surface area contributed by atoms with Gasteiger partial charge in [0, 0.05) is 57.4 Å². The van der Waals surface area contributed by atoms with Gasteiger partial charge in [0.15, 0.2) is 6.10 Å². The van der Waals surface area contributed by atoms with Crippen molar-refractivity contribution < 1.29 is 43.3 Å². The van der Waals surface area contributed by atoms with Crippen molar-refractivity contribution in [3.8, 4) is 0 Å². The molecular formula is C32H46N4O9. The summed E-state index contributed by atoms with van der Waals surface area (Å²) in [5.74, 6) is -2.58. The van der Waals surface area contributed by atoms with E-state index in [1.165, 1.54) is 40.2 Å².